The molecule has 0 N–H and O–H groups in total. The highest BCUT2D eigenvalue weighted by Gasteiger charge is 2.60. The molecule has 3 fully saturated rings. The fourth-order valence-electron chi connectivity index (χ4n) is 8.81. The van der Waals surface area contributed by atoms with Gasteiger partial charge in [0, 0.05) is 6.42 Å². The number of esters is 1. The van der Waals surface area contributed by atoms with E-state index >= 15 is 0 Å². The molecular formula is C27H44O2. The quantitative estimate of drug-likeness (QED) is 0.369. The maximum atomic E-state index is 11.7. The summed E-state index contributed by atoms with van der Waals surface area (Å²) in [6, 6.07) is 0. The van der Waals surface area contributed by atoms with Gasteiger partial charge in [0.1, 0.15) is 0 Å². The van der Waals surface area contributed by atoms with Gasteiger partial charge in [0.25, 0.3) is 0 Å². The van der Waals surface area contributed by atoms with Crippen LogP contribution in [0.5, 0.6) is 0 Å². The van der Waals surface area contributed by atoms with Gasteiger partial charge < -0.3 is 4.74 Å². The van der Waals surface area contributed by atoms with Crippen molar-refractivity contribution in [1.29, 1.82) is 0 Å². The normalized spacial score (nSPS) is 47.4. The van der Waals surface area contributed by atoms with Crippen LogP contribution in [0.2, 0.25) is 0 Å². The Labute approximate surface area is 179 Å². The molecule has 29 heavy (non-hydrogen) atoms. The number of ether oxygens (including phenoxy) is 1. The predicted molar refractivity (Wildman–Crippen MR) is 119 cm³/mol. The van der Waals surface area contributed by atoms with E-state index in [-0.39, 0.29) is 5.97 Å². The summed E-state index contributed by atoms with van der Waals surface area (Å²) in [7, 11) is 1.51. The third-order valence-electron chi connectivity index (χ3n) is 10.8. The van der Waals surface area contributed by atoms with Gasteiger partial charge in [-0.2, -0.15) is 0 Å². The van der Waals surface area contributed by atoms with Crippen LogP contribution in [-0.2, 0) is 9.53 Å². The molecule has 0 aromatic carbocycles. The van der Waals surface area contributed by atoms with Gasteiger partial charge in [-0.05, 0) is 104 Å². The lowest BCUT2D eigenvalue weighted by Crippen LogP contribution is -2.52. The summed E-state index contributed by atoms with van der Waals surface area (Å²) in [6.45, 7) is 12.7. The van der Waals surface area contributed by atoms with Crippen LogP contribution in [-0.4, -0.2) is 13.1 Å². The van der Waals surface area contributed by atoms with Gasteiger partial charge in [-0.3, -0.25) is 4.79 Å². The Morgan fingerprint density at radius 1 is 1.17 bits per heavy atom. The Bertz CT molecular complexity index is 680. The van der Waals surface area contributed by atoms with Gasteiger partial charge in [-0.1, -0.05) is 46.3 Å². The second-order valence-corrected chi connectivity index (χ2v) is 12.1. The molecule has 8 atom stereocenters. The average molecular weight is 401 g/mol. The van der Waals surface area contributed by atoms with E-state index in [1.54, 1.807) is 0 Å². The molecule has 0 aromatic heterocycles. The van der Waals surface area contributed by atoms with Crippen LogP contribution in [0.25, 0.3) is 0 Å². The number of hydrogen-bond donors (Lipinski definition) is 0. The molecular weight excluding hydrogens is 356 g/mol. The summed E-state index contributed by atoms with van der Waals surface area (Å²) in [6.07, 6.45) is 15.4. The molecule has 8 unspecified atom stereocenters. The minimum atomic E-state index is -0.0478. The van der Waals surface area contributed by atoms with E-state index in [9.17, 15) is 4.79 Å². The summed E-state index contributed by atoms with van der Waals surface area (Å²) >= 11 is 0. The first kappa shape index (κ1) is 21.4. The number of fused-ring (bicyclic) bond motifs is 5. The van der Waals surface area contributed by atoms with Crippen LogP contribution in [0.3, 0.4) is 0 Å². The first-order valence-corrected chi connectivity index (χ1v) is 12.4. The van der Waals surface area contributed by atoms with Crippen molar-refractivity contribution in [2.45, 2.75) is 98.8 Å². The largest absolute Gasteiger partial charge is 0.469 e. The molecule has 0 amide bonds. The second kappa shape index (κ2) is 7.41. The van der Waals surface area contributed by atoms with Crippen molar-refractivity contribution in [1.82, 2.24) is 0 Å². The van der Waals surface area contributed by atoms with Crippen molar-refractivity contribution in [2.24, 2.45) is 45.8 Å². The predicted octanol–water partition coefficient (Wildman–Crippen LogP) is 7.18. The molecule has 4 rings (SSSR count). The fourth-order valence-corrected chi connectivity index (χ4v) is 8.81. The Hall–Kier alpha value is -0.790. The van der Waals surface area contributed by atoms with E-state index in [1.165, 1.54) is 58.5 Å². The molecule has 3 saturated carbocycles. The van der Waals surface area contributed by atoms with Crippen LogP contribution < -0.4 is 0 Å². The van der Waals surface area contributed by atoms with Crippen molar-refractivity contribution >= 4 is 5.97 Å². The summed E-state index contributed by atoms with van der Waals surface area (Å²) in [5.74, 6) is 3.88. The standard InChI is InChI=1S/C27H44O2/c1-18-11-16-27(5)23-13-15-26(4)21(19(2)7-10-24(28)29-6)8-9-22(26)20(23)12-14-25(27,3)17-18/h13,18-22H,7-12,14-17H2,1-6H3. The number of carbonyl (C=O) groups is 1. The lowest BCUT2D eigenvalue weighted by atomic mass is 9.43. The third-order valence-corrected chi connectivity index (χ3v) is 10.8. The Balaban J connectivity index is 1.57. The smallest absolute Gasteiger partial charge is 0.305 e. The third kappa shape index (κ3) is 3.23. The summed E-state index contributed by atoms with van der Waals surface area (Å²) in [5, 5.41) is 0. The Morgan fingerprint density at radius 2 is 1.93 bits per heavy atom. The molecule has 4 aliphatic carbocycles. The molecule has 0 bridgehead atoms. The highest BCUT2D eigenvalue weighted by atomic mass is 16.5. The van der Waals surface area contributed by atoms with Gasteiger partial charge >= 0.3 is 5.97 Å². The molecule has 0 radical (unpaired) electrons. The molecule has 4 aliphatic rings. The van der Waals surface area contributed by atoms with Crippen LogP contribution in [0, 0.1) is 45.8 Å². The van der Waals surface area contributed by atoms with Crippen molar-refractivity contribution < 1.29 is 9.53 Å². The number of rotatable bonds is 4. The van der Waals surface area contributed by atoms with Crippen molar-refractivity contribution in [2.75, 3.05) is 7.11 Å². The highest BCUT2D eigenvalue weighted by molar-refractivity contribution is 5.69. The molecule has 0 saturated heterocycles. The van der Waals surface area contributed by atoms with Crippen LogP contribution in [0.4, 0.5) is 0 Å². The maximum Gasteiger partial charge on any atom is 0.305 e. The van der Waals surface area contributed by atoms with Crippen LogP contribution in [0.15, 0.2) is 11.6 Å². The molecule has 2 nitrogen and oxygen atoms in total. The van der Waals surface area contributed by atoms with Crippen LogP contribution in [0.1, 0.15) is 98.8 Å². The lowest BCUT2D eigenvalue weighted by Gasteiger charge is -2.62. The topological polar surface area (TPSA) is 26.3 Å². The molecule has 2 heteroatoms. The van der Waals surface area contributed by atoms with Crippen molar-refractivity contribution in [3.63, 3.8) is 0 Å². The maximum absolute atomic E-state index is 11.7. The number of carbonyl (C=O) groups excluding carboxylic acids is 1. The highest BCUT2D eigenvalue weighted by Crippen LogP contribution is 2.70. The number of methoxy groups -OCH3 is 1. The van der Waals surface area contributed by atoms with E-state index in [1.807, 2.05) is 5.57 Å². The van der Waals surface area contributed by atoms with Crippen molar-refractivity contribution in [3.8, 4) is 0 Å². The molecule has 164 valence electrons. The Morgan fingerprint density at radius 3 is 2.66 bits per heavy atom. The van der Waals surface area contributed by atoms with E-state index < -0.39 is 0 Å². The molecule has 0 aliphatic heterocycles. The summed E-state index contributed by atoms with van der Waals surface area (Å²) < 4.78 is 4.90. The van der Waals surface area contributed by atoms with Crippen molar-refractivity contribution in [3.05, 3.63) is 11.6 Å². The monoisotopic (exact) mass is 400 g/mol. The molecule has 0 spiro atoms. The summed E-state index contributed by atoms with van der Waals surface area (Å²) in [5.41, 5.74) is 3.23. The zero-order valence-electron chi connectivity index (χ0n) is 19.9. The summed E-state index contributed by atoms with van der Waals surface area (Å²) in [4.78, 5) is 11.7. The van der Waals surface area contributed by atoms with Gasteiger partial charge in [0.2, 0.25) is 0 Å². The minimum absolute atomic E-state index is 0.0478. The zero-order valence-corrected chi connectivity index (χ0v) is 19.9. The molecule has 0 aromatic rings. The van der Waals surface area contributed by atoms with E-state index in [2.05, 4.69) is 40.7 Å². The SMILES string of the molecule is COC(=O)CCC(C)C1CCC2C3CCC4(C)CC(C)CCC4(C)C3=CCC12C. The second-order valence-electron chi connectivity index (χ2n) is 12.1. The van der Waals surface area contributed by atoms with Gasteiger partial charge in [0.05, 0.1) is 7.11 Å². The average Bonchev–Trinajstić information content (AvgIpc) is 3.04. The first-order valence-electron chi connectivity index (χ1n) is 12.4. The van der Waals surface area contributed by atoms with E-state index in [4.69, 9.17) is 4.74 Å². The minimum Gasteiger partial charge on any atom is -0.469 e. The van der Waals surface area contributed by atoms with Gasteiger partial charge in [-0.25, -0.2) is 0 Å². The molecule has 0 heterocycles. The number of hydrogen-bond acceptors (Lipinski definition) is 2. The zero-order chi connectivity index (χ0) is 21.0. The Kier molecular flexibility index (Phi) is 5.48. The fraction of sp³-hybridized carbons (Fsp3) is 0.889. The first-order chi connectivity index (χ1) is 13.6. The lowest BCUT2D eigenvalue weighted by molar-refractivity contribution is -0.141. The van der Waals surface area contributed by atoms with Gasteiger partial charge in [0.15, 0.2) is 0 Å². The van der Waals surface area contributed by atoms with E-state index in [0.717, 1.165) is 30.1 Å². The van der Waals surface area contributed by atoms with Crippen LogP contribution >= 0.6 is 0 Å². The van der Waals surface area contributed by atoms with Gasteiger partial charge in [-0.15, -0.1) is 0 Å². The van der Waals surface area contributed by atoms with E-state index in [0.29, 0.717) is 28.6 Å². The number of allylic oxidation sites excluding steroid dienone is 2.